The molecule has 1 amide bonds. The van der Waals surface area contributed by atoms with Crippen molar-refractivity contribution >= 4 is 29.0 Å². The summed E-state index contributed by atoms with van der Waals surface area (Å²) in [6.07, 6.45) is 5.07. The third-order valence-corrected chi connectivity index (χ3v) is 5.54. The van der Waals surface area contributed by atoms with Gasteiger partial charge in [0.1, 0.15) is 4.88 Å². The van der Waals surface area contributed by atoms with Crippen LogP contribution in [0.5, 0.6) is 0 Å². The lowest BCUT2D eigenvalue weighted by Gasteiger charge is -2.24. The molecule has 1 aliphatic heterocycles. The van der Waals surface area contributed by atoms with Crippen LogP contribution in [0.3, 0.4) is 0 Å². The Morgan fingerprint density at radius 1 is 1.33 bits per heavy atom. The smallest absolute Gasteiger partial charge is 0.267 e. The first-order valence-electron chi connectivity index (χ1n) is 8.55. The summed E-state index contributed by atoms with van der Waals surface area (Å²) in [6.45, 7) is 3.66. The van der Waals surface area contributed by atoms with Crippen LogP contribution in [0.4, 0.5) is 0 Å². The van der Waals surface area contributed by atoms with E-state index in [0.29, 0.717) is 10.8 Å². The molecule has 1 aliphatic rings. The first-order chi connectivity index (χ1) is 11.7. The quantitative estimate of drug-likeness (QED) is 0.800. The van der Waals surface area contributed by atoms with Crippen LogP contribution in [0.1, 0.15) is 59.5 Å². The van der Waals surface area contributed by atoms with Crippen LogP contribution in [-0.4, -0.2) is 33.5 Å². The summed E-state index contributed by atoms with van der Waals surface area (Å²) in [7, 11) is 0. The fourth-order valence-electron chi connectivity index (χ4n) is 3.25. The van der Waals surface area contributed by atoms with Crippen LogP contribution in [0.25, 0.3) is 0 Å². The topological polar surface area (TPSA) is 46.1 Å². The zero-order chi connectivity index (χ0) is 16.9. The molecular weight excluding hydrogens is 342 g/mol. The highest BCUT2D eigenvalue weighted by Crippen LogP contribution is 2.29. The fourth-order valence-corrected chi connectivity index (χ4v) is 4.05. The Morgan fingerprint density at radius 2 is 2.12 bits per heavy atom. The van der Waals surface area contributed by atoms with E-state index in [1.807, 2.05) is 17.0 Å². The number of amides is 1. The fraction of sp³-hybridized carbons (Fsp3) is 0.500. The minimum atomic E-state index is 0.0920. The molecule has 0 spiro atoms. The van der Waals surface area contributed by atoms with E-state index in [0.717, 1.165) is 55.9 Å². The molecule has 6 heteroatoms. The van der Waals surface area contributed by atoms with Crippen molar-refractivity contribution in [2.24, 2.45) is 0 Å². The monoisotopic (exact) mass is 363 g/mol. The van der Waals surface area contributed by atoms with Gasteiger partial charge in [-0.3, -0.25) is 4.79 Å². The average Bonchev–Trinajstić information content (AvgIpc) is 2.90. The second-order valence-corrected chi connectivity index (χ2v) is 7.48. The standard InChI is InChI=1S/C18H22ClN3OS/c1-2-5-16-17(24-21-20-16)18(23)22-11-4-3-6-14(12-22)13-7-9-15(19)10-8-13/h7-10,14H,2-6,11-12H2,1H3. The molecule has 1 aromatic carbocycles. The highest BCUT2D eigenvalue weighted by molar-refractivity contribution is 7.08. The van der Waals surface area contributed by atoms with Crippen molar-refractivity contribution in [3.63, 3.8) is 0 Å². The Labute approximate surface area is 152 Å². The normalized spacial score (nSPS) is 18.4. The van der Waals surface area contributed by atoms with E-state index < -0.39 is 0 Å². The van der Waals surface area contributed by atoms with Crippen LogP contribution in [-0.2, 0) is 6.42 Å². The van der Waals surface area contributed by atoms with Gasteiger partial charge in [-0.05, 0) is 48.5 Å². The number of aromatic nitrogens is 2. The third kappa shape index (κ3) is 3.95. The van der Waals surface area contributed by atoms with Gasteiger partial charge in [-0.2, -0.15) is 0 Å². The molecule has 0 saturated carbocycles. The highest BCUT2D eigenvalue weighted by Gasteiger charge is 2.27. The van der Waals surface area contributed by atoms with Gasteiger partial charge in [0.15, 0.2) is 0 Å². The van der Waals surface area contributed by atoms with Crippen molar-refractivity contribution in [3.8, 4) is 0 Å². The number of carbonyl (C=O) groups is 1. The van der Waals surface area contributed by atoms with Crippen LogP contribution in [0.15, 0.2) is 24.3 Å². The van der Waals surface area contributed by atoms with Crippen molar-refractivity contribution in [2.75, 3.05) is 13.1 Å². The molecule has 0 aliphatic carbocycles. The summed E-state index contributed by atoms with van der Waals surface area (Å²) in [6, 6.07) is 8.02. The average molecular weight is 364 g/mol. The van der Waals surface area contributed by atoms with Gasteiger partial charge < -0.3 is 4.90 Å². The first kappa shape index (κ1) is 17.4. The van der Waals surface area contributed by atoms with E-state index >= 15 is 0 Å². The second kappa shape index (κ2) is 8.08. The minimum absolute atomic E-state index is 0.0920. The maximum absolute atomic E-state index is 13.0. The maximum Gasteiger partial charge on any atom is 0.267 e. The molecule has 1 fully saturated rings. The molecule has 1 atom stereocenters. The summed E-state index contributed by atoms with van der Waals surface area (Å²) in [5.41, 5.74) is 2.11. The molecule has 0 bridgehead atoms. The molecule has 1 aromatic heterocycles. The van der Waals surface area contributed by atoms with Gasteiger partial charge in [0.25, 0.3) is 5.91 Å². The molecule has 2 heterocycles. The minimum Gasteiger partial charge on any atom is -0.337 e. The van der Waals surface area contributed by atoms with E-state index in [1.54, 1.807) is 0 Å². The van der Waals surface area contributed by atoms with E-state index in [1.165, 1.54) is 17.1 Å². The predicted molar refractivity (Wildman–Crippen MR) is 97.9 cm³/mol. The van der Waals surface area contributed by atoms with Crippen molar-refractivity contribution in [3.05, 3.63) is 45.4 Å². The maximum atomic E-state index is 13.0. The van der Waals surface area contributed by atoms with Gasteiger partial charge in [-0.15, -0.1) is 5.10 Å². The van der Waals surface area contributed by atoms with E-state index in [4.69, 9.17) is 11.6 Å². The lowest BCUT2D eigenvalue weighted by atomic mass is 9.94. The largest absolute Gasteiger partial charge is 0.337 e. The van der Waals surface area contributed by atoms with Gasteiger partial charge >= 0.3 is 0 Å². The second-order valence-electron chi connectivity index (χ2n) is 6.29. The number of benzene rings is 1. The number of nitrogens with zero attached hydrogens (tertiary/aromatic N) is 3. The SMILES string of the molecule is CCCc1nnsc1C(=O)N1CCCCC(c2ccc(Cl)cc2)C1. The predicted octanol–water partition coefficient (Wildman–Crippen LogP) is 4.55. The number of aryl methyl sites for hydroxylation is 1. The summed E-state index contributed by atoms with van der Waals surface area (Å²) >= 11 is 7.23. The number of hydrogen-bond donors (Lipinski definition) is 0. The van der Waals surface area contributed by atoms with Crippen molar-refractivity contribution in [1.82, 2.24) is 14.5 Å². The Bertz CT molecular complexity index is 686. The van der Waals surface area contributed by atoms with Gasteiger partial charge in [0, 0.05) is 24.0 Å². The van der Waals surface area contributed by atoms with Crippen LogP contribution in [0, 0.1) is 0 Å². The number of likely N-dealkylation sites (tertiary alicyclic amines) is 1. The Morgan fingerprint density at radius 3 is 2.88 bits per heavy atom. The van der Waals surface area contributed by atoms with E-state index in [-0.39, 0.29) is 5.91 Å². The van der Waals surface area contributed by atoms with E-state index in [2.05, 4.69) is 28.6 Å². The molecule has 2 aromatic rings. The molecule has 4 nitrogen and oxygen atoms in total. The zero-order valence-electron chi connectivity index (χ0n) is 13.9. The van der Waals surface area contributed by atoms with Gasteiger partial charge in [0.05, 0.1) is 5.69 Å². The summed E-state index contributed by atoms with van der Waals surface area (Å²) in [5, 5.41) is 4.89. The van der Waals surface area contributed by atoms with Crippen LogP contribution in [0.2, 0.25) is 5.02 Å². The van der Waals surface area contributed by atoms with Crippen molar-refractivity contribution in [1.29, 1.82) is 0 Å². The van der Waals surface area contributed by atoms with Gasteiger partial charge in [0.2, 0.25) is 0 Å². The molecule has 1 unspecified atom stereocenters. The molecule has 128 valence electrons. The zero-order valence-corrected chi connectivity index (χ0v) is 15.4. The third-order valence-electron chi connectivity index (χ3n) is 4.54. The van der Waals surface area contributed by atoms with Gasteiger partial charge in [-0.1, -0.05) is 48.0 Å². The van der Waals surface area contributed by atoms with Crippen LogP contribution < -0.4 is 0 Å². The molecular formula is C18H22ClN3OS. The van der Waals surface area contributed by atoms with Crippen molar-refractivity contribution < 1.29 is 4.79 Å². The molecule has 0 radical (unpaired) electrons. The molecule has 24 heavy (non-hydrogen) atoms. The molecule has 0 N–H and O–H groups in total. The highest BCUT2D eigenvalue weighted by atomic mass is 35.5. The van der Waals surface area contributed by atoms with Crippen molar-refractivity contribution in [2.45, 2.75) is 44.9 Å². The number of hydrogen-bond acceptors (Lipinski definition) is 4. The molecule has 3 rings (SSSR count). The summed E-state index contributed by atoms with van der Waals surface area (Å²) in [4.78, 5) is 15.7. The van der Waals surface area contributed by atoms with Gasteiger partial charge in [-0.25, -0.2) is 0 Å². The first-order valence-corrected chi connectivity index (χ1v) is 9.70. The van der Waals surface area contributed by atoms with Crippen LogP contribution >= 0.6 is 23.1 Å². The lowest BCUT2D eigenvalue weighted by molar-refractivity contribution is 0.0758. The Kier molecular flexibility index (Phi) is 5.85. The number of halogens is 1. The Balaban J connectivity index is 1.78. The van der Waals surface area contributed by atoms with E-state index in [9.17, 15) is 4.79 Å². The summed E-state index contributed by atoms with van der Waals surface area (Å²) < 4.78 is 4.00. The number of rotatable bonds is 4. The molecule has 1 saturated heterocycles. The summed E-state index contributed by atoms with van der Waals surface area (Å²) in [5.74, 6) is 0.457. The Hall–Kier alpha value is -1.46. The number of carbonyl (C=O) groups excluding carboxylic acids is 1. The lowest BCUT2D eigenvalue weighted by Crippen LogP contribution is -2.34.